The zero-order valence-corrected chi connectivity index (χ0v) is 13.4. The third-order valence-electron chi connectivity index (χ3n) is 3.98. The van der Waals surface area contributed by atoms with Crippen LogP contribution in [0.5, 0.6) is 5.75 Å². The number of ether oxygens (including phenoxy) is 1. The van der Waals surface area contributed by atoms with Crippen molar-refractivity contribution in [2.75, 3.05) is 24.6 Å². The van der Waals surface area contributed by atoms with Crippen molar-refractivity contribution in [3.05, 3.63) is 58.6 Å². The van der Waals surface area contributed by atoms with Gasteiger partial charge in [0.2, 0.25) is 0 Å². The lowest BCUT2D eigenvalue weighted by atomic mass is 10.2. The number of aryl methyl sites for hydroxylation is 1. The van der Waals surface area contributed by atoms with Gasteiger partial charge in [-0.2, -0.15) is 0 Å². The van der Waals surface area contributed by atoms with Crippen LogP contribution in [0.3, 0.4) is 0 Å². The Bertz CT molecular complexity index is 659. The maximum absolute atomic E-state index is 10.2. The van der Waals surface area contributed by atoms with Crippen LogP contribution in [-0.4, -0.2) is 30.9 Å². The van der Waals surface area contributed by atoms with E-state index in [-0.39, 0.29) is 6.61 Å². The van der Waals surface area contributed by atoms with Crippen molar-refractivity contribution in [3.63, 3.8) is 0 Å². The molecule has 3 nitrogen and oxygen atoms in total. The Morgan fingerprint density at radius 2 is 2.09 bits per heavy atom. The van der Waals surface area contributed by atoms with Gasteiger partial charge in [0, 0.05) is 23.8 Å². The summed E-state index contributed by atoms with van der Waals surface area (Å²) in [5.74, 6) is 0.769. The second kappa shape index (κ2) is 6.59. The van der Waals surface area contributed by atoms with E-state index in [2.05, 4.69) is 23.1 Å². The minimum atomic E-state index is -0.527. The Balaban J connectivity index is 1.56. The van der Waals surface area contributed by atoms with Gasteiger partial charge in [0.05, 0.1) is 0 Å². The maximum Gasteiger partial charge on any atom is 0.122 e. The maximum atomic E-state index is 10.2. The van der Waals surface area contributed by atoms with Crippen LogP contribution in [0.2, 0.25) is 5.02 Å². The van der Waals surface area contributed by atoms with E-state index in [1.165, 1.54) is 11.3 Å². The molecule has 4 heteroatoms. The van der Waals surface area contributed by atoms with Crippen molar-refractivity contribution in [2.45, 2.75) is 19.4 Å². The first kappa shape index (κ1) is 15.2. The molecule has 22 heavy (non-hydrogen) atoms. The van der Waals surface area contributed by atoms with Gasteiger partial charge in [-0.3, -0.25) is 0 Å². The van der Waals surface area contributed by atoms with Crippen molar-refractivity contribution >= 4 is 17.3 Å². The second-order valence-electron chi connectivity index (χ2n) is 5.70. The Labute approximate surface area is 136 Å². The van der Waals surface area contributed by atoms with Crippen molar-refractivity contribution < 1.29 is 9.84 Å². The highest BCUT2D eigenvalue weighted by Crippen LogP contribution is 2.27. The van der Waals surface area contributed by atoms with Crippen LogP contribution in [0, 0.1) is 6.92 Å². The summed E-state index contributed by atoms with van der Waals surface area (Å²) in [6.07, 6.45) is 0.515. The number of β-amino-alcohol motifs (C(OH)–C–C–N with tert-alkyl or cyclic N) is 1. The van der Waals surface area contributed by atoms with E-state index in [0.717, 1.165) is 24.3 Å². The fourth-order valence-corrected chi connectivity index (χ4v) is 3.09. The lowest BCUT2D eigenvalue weighted by Gasteiger charge is -2.23. The number of rotatable bonds is 5. The van der Waals surface area contributed by atoms with Gasteiger partial charge >= 0.3 is 0 Å². The highest BCUT2D eigenvalue weighted by atomic mass is 35.5. The second-order valence-corrected chi connectivity index (χ2v) is 6.14. The Kier molecular flexibility index (Phi) is 4.55. The molecule has 2 aromatic rings. The van der Waals surface area contributed by atoms with Gasteiger partial charge in [-0.15, -0.1) is 0 Å². The molecule has 0 saturated heterocycles. The predicted molar refractivity (Wildman–Crippen MR) is 90.0 cm³/mol. The summed E-state index contributed by atoms with van der Waals surface area (Å²) in [6.45, 7) is 3.77. The lowest BCUT2D eigenvalue weighted by Crippen LogP contribution is -2.34. The number of anilines is 1. The van der Waals surface area contributed by atoms with Gasteiger partial charge in [-0.05, 0) is 48.7 Å². The molecule has 1 N–H and O–H groups in total. The number of hydrogen-bond acceptors (Lipinski definition) is 3. The van der Waals surface area contributed by atoms with E-state index in [1.807, 2.05) is 25.1 Å². The molecule has 1 unspecified atom stereocenters. The summed E-state index contributed by atoms with van der Waals surface area (Å²) in [7, 11) is 0. The molecule has 116 valence electrons. The Morgan fingerprint density at radius 3 is 2.91 bits per heavy atom. The third kappa shape index (κ3) is 3.37. The van der Waals surface area contributed by atoms with Crippen molar-refractivity contribution in [3.8, 4) is 5.75 Å². The molecule has 1 aliphatic rings. The first-order chi connectivity index (χ1) is 10.6. The largest absolute Gasteiger partial charge is 0.491 e. The molecular weight excluding hydrogens is 298 g/mol. The number of aliphatic hydroxyl groups excluding tert-OH is 1. The summed E-state index contributed by atoms with van der Waals surface area (Å²) >= 11 is 5.93. The molecule has 1 atom stereocenters. The fraction of sp³-hybridized carbons (Fsp3) is 0.333. The molecule has 0 aliphatic carbocycles. The van der Waals surface area contributed by atoms with Crippen LogP contribution in [0.15, 0.2) is 42.5 Å². The number of nitrogens with zero attached hydrogens (tertiary/aromatic N) is 1. The molecule has 1 heterocycles. The van der Waals surface area contributed by atoms with Gasteiger partial charge in [-0.25, -0.2) is 0 Å². The first-order valence-electron chi connectivity index (χ1n) is 7.53. The molecule has 0 fully saturated rings. The highest BCUT2D eigenvalue weighted by Gasteiger charge is 2.21. The summed E-state index contributed by atoms with van der Waals surface area (Å²) in [5.41, 5.74) is 3.56. The Morgan fingerprint density at radius 1 is 1.27 bits per heavy atom. The van der Waals surface area contributed by atoms with Gasteiger partial charge in [0.25, 0.3) is 0 Å². The average Bonchev–Trinajstić information content (AvgIpc) is 2.90. The lowest BCUT2D eigenvalue weighted by molar-refractivity contribution is 0.112. The van der Waals surface area contributed by atoms with Crippen LogP contribution in [0.1, 0.15) is 11.1 Å². The monoisotopic (exact) mass is 317 g/mol. The van der Waals surface area contributed by atoms with Crippen molar-refractivity contribution in [2.24, 2.45) is 0 Å². The van der Waals surface area contributed by atoms with Crippen LogP contribution in [0.4, 0.5) is 5.69 Å². The average molecular weight is 318 g/mol. The molecule has 0 bridgehead atoms. The first-order valence-corrected chi connectivity index (χ1v) is 7.91. The van der Waals surface area contributed by atoms with Gasteiger partial charge in [-0.1, -0.05) is 29.8 Å². The van der Waals surface area contributed by atoms with Crippen LogP contribution < -0.4 is 9.64 Å². The van der Waals surface area contributed by atoms with Gasteiger partial charge in [0.15, 0.2) is 0 Å². The van der Waals surface area contributed by atoms with Crippen molar-refractivity contribution in [1.82, 2.24) is 0 Å². The van der Waals surface area contributed by atoms with Crippen LogP contribution in [-0.2, 0) is 6.42 Å². The van der Waals surface area contributed by atoms with E-state index in [9.17, 15) is 5.11 Å². The normalized spacial score (nSPS) is 14.8. The topological polar surface area (TPSA) is 32.7 Å². The van der Waals surface area contributed by atoms with E-state index in [1.54, 1.807) is 6.07 Å². The van der Waals surface area contributed by atoms with E-state index < -0.39 is 6.10 Å². The summed E-state index contributed by atoms with van der Waals surface area (Å²) in [4.78, 5) is 2.22. The Hall–Kier alpha value is -1.71. The number of benzene rings is 2. The zero-order valence-electron chi connectivity index (χ0n) is 12.6. The smallest absolute Gasteiger partial charge is 0.122 e. The summed E-state index contributed by atoms with van der Waals surface area (Å²) in [5, 5.41) is 10.9. The van der Waals surface area contributed by atoms with Crippen molar-refractivity contribution in [1.29, 1.82) is 0 Å². The minimum Gasteiger partial charge on any atom is -0.491 e. The number of halogens is 1. The fourth-order valence-electron chi connectivity index (χ4n) is 2.86. The number of para-hydroxylation sites is 1. The quantitative estimate of drug-likeness (QED) is 0.917. The summed E-state index contributed by atoms with van der Waals surface area (Å²) in [6, 6.07) is 13.9. The van der Waals surface area contributed by atoms with E-state index in [4.69, 9.17) is 16.3 Å². The number of fused-ring (bicyclic) bond motifs is 1. The molecule has 0 saturated carbocycles. The molecule has 3 rings (SSSR count). The summed E-state index contributed by atoms with van der Waals surface area (Å²) < 4.78 is 5.72. The minimum absolute atomic E-state index is 0.279. The number of hydrogen-bond donors (Lipinski definition) is 1. The molecule has 0 aromatic heterocycles. The predicted octanol–water partition coefficient (Wildman–Crippen LogP) is 3.45. The third-order valence-corrected chi connectivity index (χ3v) is 4.22. The molecule has 0 spiro atoms. The molecule has 0 radical (unpaired) electrons. The van der Waals surface area contributed by atoms with E-state index in [0.29, 0.717) is 11.6 Å². The van der Waals surface area contributed by atoms with Crippen LogP contribution >= 0.6 is 11.6 Å². The molecule has 1 aliphatic heterocycles. The highest BCUT2D eigenvalue weighted by molar-refractivity contribution is 6.30. The molecule has 2 aromatic carbocycles. The number of aliphatic hydroxyl groups is 1. The SMILES string of the molecule is Cc1cc(Cl)ccc1OCC(O)CN1CCc2ccccc21. The standard InChI is InChI=1S/C18H20ClNO2/c1-13-10-15(19)6-7-18(13)22-12-16(21)11-20-9-8-14-4-2-3-5-17(14)20/h2-7,10,16,21H,8-9,11-12H2,1H3. The molecule has 0 amide bonds. The van der Waals surface area contributed by atoms with E-state index >= 15 is 0 Å². The molecular formula is C18H20ClNO2. The van der Waals surface area contributed by atoms with Gasteiger partial charge in [0.1, 0.15) is 18.5 Å². The van der Waals surface area contributed by atoms with Crippen LogP contribution in [0.25, 0.3) is 0 Å². The zero-order chi connectivity index (χ0) is 15.5. The van der Waals surface area contributed by atoms with Gasteiger partial charge < -0.3 is 14.7 Å².